The molecule has 114 valence electrons. The van der Waals surface area contributed by atoms with Crippen LogP contribution in [0.2, 0.25) is 10.0 Å². The number of rotatable bonds is 3. The van der Waals surface area contributed by atoms with Gasteiger partial charge in [0.05, 0.1) is 16.7 Å². The zero-order chi connectivity index (χ0) is 15.3. The first-order valence-corrected chi connectivity index (χ1v) is 7.62. The van der Waals surface area contributed by atoms with E-state index in [0.717, 1.165) is 18.4 Å². The number of likely N-dealkylation sites (tertiary alicyclic amines) is 1. The third-order valence-corrected chi connectivity index (χ3v) is 5.75. The number of hydrogen-bond acceptors (Lipinski definition) is 2. The molecule has 1 amide bonds. The highest BCUT2D eigenvalue weighted by molar-refractivity contribution is 6.42. The molecule has 1 heterocycles. The fourth-order valence-corrected chi connectivity index (χ4v) is 4.13. The molecule has 1 aromatic carbocycles. The van der Waals surface area contributed by atoms with Crippen LogP contribution in [0.1, 0.15) is 18.4 Å². The number of amides is 1. The van der Waals surface area contributed by atoms with Gasteiger partial charge < -0.3 is 14.7 Å². The Morgan fingerprint density at radius 3 is 2.81 bits per heavy atom. The fraction of sp³-hybridized carbons (Fsp3) is 0.533. The molecule has 3 rings (SSSR count). The third-order valence-electron chi connectivity index (χ3n) is 5.01. The van der Waals surface area contributed by atoms with Crippen molar-refractivity contribution in [3.63, 3.8) is 0 Å². The maximum atomic E-state index is 11.3. The highest BCUT2D eigenvalue weighted by Gasteiger charge is 2.70. The number of carboxylic acid groups (broad SMARTS) is 1. The van der Waals surface area contributed by atoms with Crippen molar-refractivity contribution in [3.05, 3.63) is 33.8 Å². The molecule has 1 aliphatic heterocycles. The second kappa shape index (κ2) is 5.04. The molecular formula is C15H17Cl2NO3. The second-order valence-corrected chi connectivity index (χ2v) is 6.87. The van der Waals surface area contributed by atoms with Crippen molar-refractivity contribution in [2.45, 2.75) is 18.3 Å². The van der Waals surface area contributed by atoms with Crippen LogP contribution in [0, 0.1) is 5.41 Å². The van der Waals surface area contributed by atoms with E-state index in [0.29, 0.717) is 29.7 Å². The summed E-state index contributed by atoms with van der Waals surface area (Å²) in [6.45, 7) is 1.69. The van der Waals surface area contributed by atoms with Crippen LogP contribution in [0.5, 0.6) is 0 Å². The van der Waals surface area contributed by atoms with Crippen molar-refractivity contribution in [3.8, 4) is 0 Å². The Balaban J connectivity index is 1.98. The molecule has 0 spiro atoms. The van der Waals surface area contributed by atoms with Gasteiger partial charge >= 0.3 is 6.09 Å². The van der Waals surface area contributed by atoms with Crippen molar-refractivity contribution in [2.24, 2.45) is 5.41 Å². The van der Waals surface area contributed by atoms with Gasteiger partial charge in [-0.2, -0.15) is 0 Å². The number of ether oxygens (including phenoxy) is 1. The van der Waals surface area contributed by atoms with Crippen molar-refractivity contribution in [1.82, 2.24) is 4.90 Å². The molecule has 1 N–H and O–H groups in total. The minimum absolute atomic E-state index is 0.0187. The fourth-order valence-electron chi connectivity index (χ4n) is 3.83. The number of methoxy groups -OCH3 is 1. The monoisotopic (exact) mass is 329 g/mol. The predicted octanol–water partition coefficient (Wildman–Crippen LogP) is 3.65. The summed E-state index contributed by atoms with van der Waals surface area (Å²) in [6, 6.07) is 5.60. The molecule has 6 heteroatoms. The van der Waals surface area contributed by atoms with E-state index >= 15 is 0 Å². The number of nitrogens with zero attached hydrogens (tertiary/aromatic N) is 1. The summed E-state index contributed by atoms with van der Waals surface area (Å²) < 4.78 is 5.40. The van der Waals surface area contributed by atoms with Gasteiger partial charge in [-0.3, -0.25) is 0 Å². The van der Waals surface area contributed by atoms with E-state index < -0.39 is 6.09 Å². The molecule has 0 unspecified atom stereocenters. The summed E-state index contributed by atoms with van der Waals surface area (Å²) in [7, 11) is 1.69. The van der Waals surface area contributed by atoms with E-state index in [4.69, 9.17) is 27.9 Å². The highest BCUT2D eigenvalue weighted by atomic mass is 35.5. The first-order valence-electron chi connectivity index (χ1n) is 6.86. The molecular weight excluding hydrogens is 313 g/mol. The molecule has 1 saturated heterocycles. The maximum absolute atomic E-state index is 11.3. The Morgan fingerprint density at radius 1 is 1.43 bits per heavy atom. The molecule has 4 nitrogen and oxygen atoms in total. The molecule has 2 aliphatic rings. The summed E-state index contributed by atoms with van der Waals surface area (Å²) in [5, 5.41) is 10.3. The number of piperidine rings is 1. The Labute approximate surface area is 133 Å². The number of carbonyl (C=O) groups is 1. The van der Waals surface area contributed by atoms with Crippen LogP contribution in [-0.4, -0.2) is 42.9 Å². The first-order chi connectivity index (χ1) is 9.94. The van der Waals surface area contributed by atoms with Crippen molar-refractivity contribution in [2.75, 3.05) is 26.8 Å². The zero-order valence-electron chi connectivity index (χ0n) is 11.7. The summed E-state index contributed by atoms with van der Waals surface area (Å²) >= 11 is 12.1. The van der Waals surface area contributed by atoms with E-state index in [1.54, 1.807) is 13.2 Å². The van der Waals surface area contributed by atoms with Gasteiger partial charge in [0, 0.05) is 31.0 Å². The second-order valence-electron chi connectivity index (χ2n) is 6.06. The predicted molar refractivity (Wildman–Crippen MR) is 81.3 cm³/mol. The van der Waals surface area contributed by atoms with E-state index in [1.807, 2.05) is 12.1 Å². The van der Waals surface area contributed by atoms with Crippen molar-refractivity contribution < 1.29 is 14.6 Å². The quantitative estimate of drug-likeness (QED) is 0.920. The van der Waals surface area contributed by atoms with Gasteiger partial charge in [0.25, 0.3) is 0 Å². The number of benzene rings is 1. The van der Waals surface area contributed by atoms with Gasteiger partial charge in [-0.05, 0) is 30.5 Å². The highest BCUT2D eigenvalue weighted by Crippen LogP contribution is 2.69. The lowest BCUT2D eigenvalue weighted by Crippen LogP contribution is -2.46. The molecule has 0 radical (unpaired) electrons. The first kappa shape index (κ1) is 14.9. The molecule has 2 atom stereocenters. The summed E-state index contributed by atoms with van der Waals surface area (Å²) in [5.41, 5.74) is 0.874. The minimum atomic E-state index is -0.868. The largest absolute Gasteiger partial charge is 0.465 e. The van der Waals surface area contributed by atoms with E-state index in [9.17, 15) is 9.90 Å². The maximum Gasteiger partial charge on any atom is 0.407 e. The smallest absolute Gasteiger partial charge is 0.407 e. The van der Waals surface area contributed by atoms with Gasteiger partial charge in [-0.15, -0.1) is 0 Å². The van der Waals surface area contributed by atoms with Crippen LogP contribution in [0.25, 0.3) is 0 Å². The molecule has 2 fully saturated rings. The van der Waals surface area contributed by atoms with E-state index in [-0.39, 0.29) is 10.8 Å². The number of hydrogen-bond donors (Lipinski definition) is 1. The van der Waals surface area contributed by atoms with E-state index in [2.05, 4.69) is 0 Å². The summed E-state index contributed by atoms with van der Waals surface area (Å²) in [6.07, 6.45) is 0.871. The zero-order valence-corrected chi connectivity index (χ0v) is 13.2. The molecule has 1 saturated carbocycles. The van der Waals surface area contributed by atoms with Crippen LogP contribution in [-0.2, 0) is 10.2 Å². The van der Waals surface area contributed by atoms with Gasteiger partial charge in [-0.1, -0.05) is 29.3 Å². The van der Waals surface area contributed by atoms with Crippen LogP contribution in [0.15, 0.2) is 18.2 Å². The Bertz CT molecular complexity index is 594. The molecule has 21 heavy (non-hydrogen) atoms. The molecule has 0 aromatic heterocycles. The minimum Gasteiger partial charge on any atom is -0.465 e. The average Bonchev–Trinajstić information content (AvgIpc) is 3.11. The lowest BCUT2D eigenvalue weighted by atomic mass is 9.81. The van der Waals surface area contributed by atoms with Crippen molar-refractivity contribution in [1.29, 1.82) is 0 Å². The molecule has 1 aliphatic carbocycles. The van der Waals surface area contributed by atoms with Crippen molar-refractivity contribution >= 4 is 29.3 Å². The lowest BCUT2D eigenvalue weighted by Gasteiger charge is -2.36. The third kappa shape index (κ3) is 2.20. The normalized spacial score (nSPS) is 30.9. The van der Waals surface area contributed by atoms with Gasteiger partial charge in [0.1, 0.15) is 0 Å². The molecule has 0 bridgehead atoms. The van der Waals surface area contributed by atoms with E-state index in [1.165, 1.54) is 4.90 Å². The van der Waals surface area contributed by atoms with Gasteiger partial charge in [0.2, 0.25) is 0 Å². The van der Waals surface area contributed by atoms with Crippen LogP contribution in [0.4, 0.5) is 4.79 Å². The number of fused-ring (bicyclic) bond motifs is 1. The Kier molecular flexibility index (Phi) is 3.59. The Hall–Kier alpha value is -0.970. The topological polar surface area (TPSA) is 49.8 Å². The summed E-state index contributed by atoms with van der Waals surface area (Å²) in [5.74, 6) is 0. The lowest BCUT2D eigenvalue weighted by molar-refractivity contribution is 0.0729. The number of halogens is 2. The standard InChI is InChI=1S/C15H17Cl2NO3/c1-21-9-14-4-5-18(13(19)20)8-15(14,7-14)10-2-3-11(16)12(17)6-10/h2-3,6H,4-5,7-9H2,1H3,(H,19,20)/t14-,15-/m0/s1. The van der Waals surface area contributed by atoms with Crippen LogP contribution < -0.4 is 0 Å². The summed E-state index contributed by atoms with van der Waals surface area (Å²) in [4.78, 5) is 12.8. The van der Waals surface area contributed by atoms with Crippen LogP contribution >= 0.6 is 23.2 Å². The average molecular weight is 330 g/mol. The molecule has 1 aromatic rings. The SMILES string of the molecule is COC[C@@]12CCN(C(=O)O)C[C@]1(c1ccc(Cl)c(Cl)c1)C2. The van der Waals surface area contributed by atoms with Gasteiger partial charge in [0.15, 0.2) is 0 Å². The van der Waals surface area contributed by atoms with Gasteiger partial charge in [-0.25, -0.2) is 4.79 Å². The Morgan fingerprint density at radius 2 is 2.19 bits per heavy atom. The van der Waals surface area contributed by atoms with Crippen LogP contribution in [0.3, 0.4) is 0 Å².